The first-order chi connectivity index (χ1) is 16.4. The molecule has 3 aromatic rings. The maximum absolute atomic E-state index is 11.3. The molecule has 8 heteroatoms. The van der Waals surface area contributed by atoms with E-state index in [2.05, 4.69) is 39.0 Å². The van der Waals surface area contributed by atoms with Crippen molar-refractivity contribution in [3.63, 3.8) is 0 Å². The van der Waals surface area contributed by atoms with Crippen LogP contribution in [0.4, 0.5) is 11.6 Å². The Morgan fingerprint density at radius 1 is 1.18 bits per heavy atom. The number of carbonyl (C=O) groups is 1. The number of fused-ring (bicyclic) bond motifs is 2. The van der Waals surface area contributed by atoms with Crippen molar-refractivity contribution in [3.05, 3.63) is 65.2 Å². The molecule has 1 saturated heterocycles. The summed E-state index contributed by atoms with van der Waals surface area (Å²) in [6.07, 6.45) is 9.37. The summed E-state index contributed by atoms with van der Waals surface area (Å²) < 4.78 is 1.75. The van der Waals surface area contributed by atoms with Crippen molar-refractivity contribution in [2.24, 2.45) is 17.8 Å². The number of piperidine rings is 1. The molecule has 3 N–H and O–H groups in total. The Balaban J connectivity index is 0.000000183. The lowest BCUT2D eigenvalue weighted by Gasteiger charge is -2.20. The van der Waals surface area contributed by atoms with E-state index in [-0.39, 0.29) is 5.78 Å². The lowest BCUT2D eigenvalue weighted by Crippen LogP contribution is -2.25. The molecule has 3 aliphatic rings. The van der Waals surface area contributed by atoms with Crippen molar-refractivity contribution in [3.8, 4) is 0 Å². The molecule has 1 saturated carbocycles. The van der Waals surface area contributed by atoms with Gasteiger partial charge in [0.2, 0.25) is 0 Å². The van der Waals surface area contributed by atoms with Crippen molar-refractivity contribution < 1.29 is 9.90 Å². The highest BCUT2D eigenvalue weighted by atomic mass is 16.3. The quantitative estimate of drug-likeness (QED) is 0.563. The van der Waals surface area contributed by atoms with Gasteiger partial charge in [-0.25, -0.2) is 9.97 Å². The van der Waals surface area contributed by atoms with Crippen LogP contribution in [-0.2, 0) is 13.0 Å². The Morgan fingerprint density at radius 2 is 1.97 bits per heavy atom. The number of nitrogens with zero attached hydrogens (tertiary/aromatic N) is 5. The third kappa shape index (κ3) is 4.42. The predicted octanol–water partition coefficient (Wildman–Crippen LogP) is 2.92. The van der Waals surface area contributed by atoms with Gasteiger partial charge in [0.05, 0.1) is 18.3 Å². The molecule has 0 spiro atoms. The minimum atomic E-state index is 0.0264. The van der Waals surface area contributed by atoms with Crippen molar-refractivity contribution >= 4 is 17.4 Å². The number of aliphatic hydroxyl groups excluding tert-OH is 1. The maximum atomic E-state index is 11.3. The van der Waals surface area contributed by atoms with Crippen LogP contribution in [0.5, 0.6) is 0 Å². The molecule has 1 aliphatic heterocycles. The fourth-order valence-electron chi connectivity index (χ4n) is 5.40. The van der Waals surface area contributed by atoms with Gasteiger partial charge in [-0.15, -0.1) is 0 Å². The number of hydrogen-bond acceptors (Lipinski definition) is 7. The van der Waals surface area contributed by atoms with Gasteiger partial charge in [-0.1, -0.05) is 13.0 Å². The minimum absolute atomic E-state index is 0.0264. The molecule has 3 atom stereocenters. The smallest absolute Gasteiger partial charge is 0.162 e. The van der Waals surface area contributed by atoms with E-state index in [4.69, 9.17) is 5.73 Å². The lowest BCUT2D eigenvalue weighted by atomic mass is 10.1. The molecule has 8 nitrogen and oxygen atoms in total. The van der Waals surface area contributed by atoms with Gasteiger partial charge < -0.3 is 15.7 Å². The first-order valence-corrected chi connectivity index (χ1v) is 12.0. The number of Topliss-reactive ketones (excluding diaryl/α,β-unsaturated/α-hetero) is 1. The third-order valence-corrected chi connectivity index (χ3v) is 7.58. The molecule has 3 aromatic heterocycles. The number of anilines is 2. The van der Waals surface area contributed by atoms with Gasteiger partial charge in [0.1, 0.15) is 11.6 Å². The first-order valence-electron chi connectivity index (χ1n) is 12.0. The van der Waals surface area contributed by atoms with Gasteiger partial charge in [0.25, 0.3) is 0 Å². The highest BCUT2D eigenvalue weighted by Crippen LogP contribution is 2.51. The number of nitrogen functional groups attached to an aromatic ring is 1. The van der Waals surface area contributed by atoms with Crippen molar-refractivity contribution in [2.75, 3.05) is 30.3 Å². The molecular formula is C26H32N6O2. The van der Waals surface area contributed by atoms with Gasteiger partial charge in [0.15, 0.2) is 5.78 Å². The highest BCUT2D eigenvalue weighted by molar-refractivity contribution is 5.93. The van der Waals surface area contributed by atoms with Crippen molar-refractivity contribution in [2.45, 2.75) is 39.2 Å². The zero-order valence-electron chi connectivity index (χ0n) is 19.8. The fraction of sp³-hybridized carbons (Fsp3) is 0.462. The van der Waals surface area contributed by atoms with E-state index in [0.29, 0.717) is 42.4 Å². The summed E-state index contributed by atoms with van der Waals surface area (Å²) in [5, 5.41) is 13.4. The van der Waals surface area contributed by atoms with Gasteiger partial charge in [-0.3, -0.25) is 9.48 Å². The summed E-state index contributed by atoms with van der Waals surface area (Å²) in [7, 11) is 0. The second-order valence-corrected chi connectivity index (χ2v) is 9.79. The minimum Gasteiger partial charge on any atom is -0.396 e. The Kier molecular flexibility index (Phi) is 6.08. The van der Waals surface area contributed by atoms with Crippen LogP contribution in [-0.4, -0.2) is 50.3 Å². The molecular weight excluding hydrogens is 428 g/mol. The molecule has 3 unspecified atom stereocenters. The van der Waals surface area contributed by atoms with E-state index >= 15 is 0 Å². The summed E-state index contributed by atoms with van der Waals surface area (Å²) >= 11 is 0. The van der Waals surface area contributed by atoms with Crippen molar-refractivity contribution in [1.82, 2.24) is 19.7 Å². The average Bonchev–Trinajstić information content (AvgIpc) is 3.26. The monoisotopic (exact) mass is 460 g/mol. The zero-order valence-corrected chi connectivity index (χ0v) is 19.8. The molecule has 34 heavy (non-hydrogen) atoms. The largest absolute Gasteiger partial charge is 0.396 e. The summed E-state index contributed by atoms with van der Waals surface area (Å²) in [4.78, 5) is 22.2. The second kappa shape index (κ2) is 9.18. The zero-order chi connectivity index (χ0) is 23.8. The number of carbonyl (C=O) groups excluding carboxylic acids is 1. The van der Waals surface area contributed by atoms with Crippen LogP contribution in [0.3, 0.4) is 0 Å². The first kappa shape index (κ1) is 22.5. The van der Waals surface area contributed by atoms with E-state index in [1.165, 1.54) is 17.5 Å². The average molecular weight is 461 g/mol. The van der Waals surface area contributed by atoms with E-state index in [9.17, 15) is 9.90 Å². The number of nitrogens with two attached hydrogens (primary N) is 1. The molecule has 0 amide bonds. The summed E-state index contributed by atoms with van der Waals surface area (Å²) in [5.74, 6) is 4.25. The summed E-state index contributed by atoms with van der Waals surface area (Å²) in [6.45, 7) is 6.72. The second-order valence-electron chi connectivity index (χ2n) is 9.79. The summed E-state index contributed by atoms with van der Waals surface area (Å²) in [5.41, 5.74) is 10.1. The van der Waals surface area contributed by atoms with Gasteiger partial charge in [-0.05, 0) is 72.3 Å². The number of aliphatic hydroxyl groups is 1. The Labute approximate surface area is 199 Å². The van der Waals surface area contributed by atoms with Crippen molar-refractivity contribution in [1.29, 1.82) is 0 Å². The van der Waals surface area contributed by atoms with E-state index in [1.54, 1.807) is 30.2 Å². The van der Waals surface area contributed by atoms with E-state index in [1.807, 2.05) is 12.3 Å². The normalized spacial score (nSPS) is 24.3. The molecule has 0 bridgehead atoms. The van der Waals surface area contributed by atoms with Crippen LogP contribution in [0.1, 0.15) is 53.2 Å². The number of aromatic nitrogens is 4. The van der Waals surface area contributed by atoms with Crippen LogP contribution in [0.15, 0.2) is 43.0 Å². The number of ketones is 1. The van der Waals surface area contributed by atoms with E-state index < -0.39 is 0 Å². The lowest BCUT2D eigenvalue weighted by molar-refractivity contribution is 0.101. The van der Waals surface area contributed by atoms with Crippen LogP contribution in [0.2, 0.25) is 0 Å². The van der Waals surface area contributed by atoms with Crippen LogP contribution in [0.25, 0.3) is 0 Å². The van der Waals surface area contributed by atoms with Crippen LogP contribution >= 0.6 is 0 Å². The van der Waals surface area contributed by atoms with Gasteiger partial charge in [0, 0.05) is 38.3 Å². The molecule has 2 fully saturated rings. The molecule has 178 valence electrons. The molecule has 2 aliphatic carbocycles. The molecule has 4 heterocycles. The SMILES string of the molecule is CC(=O)c1cnn(Cc2ccc(N3CC4C(CO)C4C3)nc2)c1.CC1CCc2c1ccnc2N. The Bertz CT molecular complexity index is 1160. The molecule has 6 rings (SSSR count). The standard InChI is InChI=1S/C17H20N4O2.C9H12N2/c1-11(23)13-5-19-21(7-13)6-12-2-3-17(18-4-12)20-8-14-15(9-20)16(14)10-22;1-6-2-3-8-7(6)4-5-11-9(8)10/h2-5,7,14-16,22H,6,8-10H2,1H3;4-6H,2-3H2,1H3,(H2,10,11). The Hall–Kier alpha value is -3.26. The number of hydrogen-bond donors (Lipinski definition) is 2. The molecule has 0 aromatic carbocycles. The number of rotatable bonds is 5. The predicted molar refractivity (Wildman–Crippen MR) is 131 cm³/mol. The summed E-state index contributed by atoms with van der Waals surface area (Å²) in [6, 6.07) is 6.19. The van der Waals surface area contributed by atoms with Crippen LogP contribution in [0, 0.1) is 17.8 Å². The van der Waals surface area contributed by atoms with Gasteiger partial charge >= 0.3 is 0 Å². The topological polar surface area (TPSA) is 110 Å². The number of pyridine rings is 2. The maximum Gasteiger partial charge on any atom is 0.162 e. The van der Waals surface area contributed by atoms with Crippen LogP contribution < -0.4 is 10.6 Å². The third-order valence-electron chi connectivity index (χ3n) is 7.58. The Morgan fingerprint density at radius 3 is 2.59 bits per heavy atom. The van der Waals surface area contributed by atoms with Gasteiger partial charge in [-0.2, -0.15) is 5.10 Å². The fourth-order valence-corrected chi connectivity index (χ4v) is 5.40. The molecule has 0 radical (unpaired) electrons. The highest BCUT2D eigenvalue weighted by Gasteiger charge is 2.55. The van der Waals surface area contributed by atoms with E-state index in [0.717, 1.165) is 36.7 Å².